The molecule has 0 heterocycles. The molecule has 0 saturated carbocycles. The molecule has 0 unspecified atom stereocenters. The van der Waals surface area contributed by atoms with E-state index in [1.807, 2.05) is 0 Å². The van der Waals surface area contributed by atoms with E-state index in [-0.39, 0.29) is 2300 Å². The number of rotatable bonds is 0. The van der Waals surface area contributed by atoms with Crippen LogP contribution in [0.25, 0.3) is 0 Å². The van der Waals surface area contributed by atoms with E-state index in [0.717, 1.165) is 0 Å². The smallest absolute Gasteiger partial charge is 0 e. The monoisotopic (exact) mass is 6320 g/mol. The first kappa shape index (κ1) is 1430. The average molecular weight is 6320 g/mol. The Kier molecular flexibility index (Phi) is 16200. The van der Waals surface area contributed by atoms with Crippen molar-refractivity contribution in [1.82, 2.24) is 0 Å². The molecule has 0 aliphatic rings. The van der Waals surface area contributed by atoms with Gasteiger partial charge < -0.3 is 0 Å². The van der Waals surface area contributed by atoms with Crippen LogP contribution in [0.5, 0.6) is 0 Å². The van der Waals surface area contributed by atoms with Crippen molar-refractivity contribution in [3.63, 3.8) is 0 Å². The van der Waals surface area contributed by atoms with Gasteiger partial charge >= 0.3 is 0 Å². The average Bonchev–Trinajstić information content (AvgIpc) is 0. The topological polar surface area (TPSA) is 0 Å². The van der Waals surface area contributed by atoms with Crippen LogP contribution in [-0.2, 0) is 2300 Å². The second kappa shape index (κ2) is 1410. The third-order valence-electron chi connectivity index (χ3n) is 0. The van der Waals surface area contributed by atoms with Crippen LogP contribution in [0, 0.1) is 0 Å². The van der Waals surface area contributed by atoms with E-state index in [4.69, 9.17) is 0 Å². The van der Waals surface area contributed by atoms with Crippen molar-refractivity contribution < 1.29 is 2300 Å². The predicted molar refractivity (Wildman–Crippen MR) is 0 cm³/mol. The molecule has 0 fully saturated rings. The van der Waals surface area contributed by atoms with E-state index >= 15 is 0 Å². The molecule has 0 bridgehead atoms. The molecular weight excluding hydrogens is 6320 g/mol. The summed E-state index contributed by atoms with van der Waals surface area (Å²) in [7, 11) is 0. The SMILES string of the molecule is [V].[V].[V].[V].[V].[V].[V].[V].[V].[V].[V].[V].[V].[V].[V].[V].[V].[V].[V].[V].[V].[V].[V].[V].[V].[V].[V].[V].[V].[V].[V].[V].[V].[V].[V].[V].[V].[V].[V].[V].[V].[V].[V].[V].[V].[V].[V].[V].[V].[V].[V].[V].[V].[V].[V].[V].[V].[V].[V].[V].[V].[V].[V].[V].[V].[V].[V].[V].[V].[V].[V].[V].[V].[V].[V].[V].[V].[V].[V].[V].[V].[V].[V].[V].[V].[V].[V].[V].[V].[V].[V].[V].[V].[V].[V].[V].[V].[V].[V].[V].[V].[V].[V].[V].[V].[V].[V].[V].[V].[V].[V].[V].[V].[V].[V].[V].[V].[V].[V].[V].[V].[V].[V].[V]. The largest absolute Gasteiger partial charge is 0 e. The predicted octanol–water partition coefficient (Wildman–Crippen LogP) is -0.310. The second-order valence-electron chi connectivity index (χ2n) is 0. The van der Waals surface area contributed by atoms with Crippen LogP contribution in [0.15, 0.2) is 0 Å². The molecule has 0 aromatic rings. The van der Waals surface area contributed by atoms with Gasteiger partial charge in [0.25, 0.3) is 0 Å². The zero-order valence-corrected chi connectivity index (χ0v) is 229. The van der Waals surface area contributed by atoms with Crippen LogP contribution < -0.4 is 0 Å². The third kappa shape index (κ3) is 1390. The first-order valence-corrected chi connectivity index (χ1v) is 0. The molecule has 0 amide bonds. The molecule has 0 rings (SSSR count). The number of hydrogen-bond acceptors (Lipinski definition) is 0. The van der Waals surface area contributed by atoms with Gasteiger partial charge in [0.1, 0.15) is 0 Å². The Morgan fingerprint density at radius 3 is 0.00806 bits per heavy atom. The van der Waals surface area contributed by atoms with Gasteiger partial charge in [-0.1, -0.05) is 0 Å². The molecule has 0 aromatic carbocycles. The van der Waals surface area contributed by atoms with Crippen molar-refractivity contribution in [3.05, 3.63) is 0 Å². The zero-order valence-electron chi connectivity index (χ0n) is 55.5. The van der Waals surface area contributed by atoms with Crippen molar-refractivity contribution in [2.45, 2.75) is 0 Å². The van der Waals surface area contributed by atoms with E-state index in [2.05, 4.69) is 0 Å². The summed E-state index contributed by atoms with van der Waals surface area (Å²) in [5.74, 6) is 0. The molecule has 0 nitrogen and oxygen atoms in total. The Labute approximate surface area is 2230 Å². The van der Waals surface area contributed by atoms with Crippen molar-refractivity contribution in [2.75, 3.05) is 0 Å². The molecule has 620 valence electrons. The van der Waals surface area contributed by atoms with Gasteiger partial charge in [0, 0.05) is 2300 Å². The van der Waals surface area contributed by atoms with Gasteiger partial charge in [0.15, 0.2) is 0 Å². The van der Waals surface area contributed by atoms with Crippen molar-refractivity contribution in [1.29, 1.82) is 0 Å². The standard InChI is InChI=1S/124V. The minimum Gasteiger partial charge on any atom is 0 e. The minimum absolute atomic E-state index is 0. The fourth-order valence-corrected chi connectivity index (χ4v) is 0. The molecule has 124 heavy (non-hydrogen) atoms. The molecule has 124 heteroatoms. The van der Waals surface area contributed by atoms with Crippen LogP contribution in [0.2, 0.25) is 0 Å². The van der Waals surface area contributed by atoms with E-state index in [1.54, 1.807) is 0 Å². The first-order chi connectivity index (χ1) is 0. The van der Waals surface area contributed by atoms with Crippen LogP contribution in [0.3, 0.4) is 0 Å². The second-order valence-corrected chi connectivity index (χ2v) is 0. The Morgan fingerprint density at radius 1 is 0.00806 bits per heavy atom. The quantitative estimate of drug-likeness (QED) is 0.313. The molecule has 0 N–H and O–H groups in total. The van der Waals surface area contributed by atoms with Crippen LogP contribution in [0.1, 0.15) is 0 Å². The summed E-state index contributed by atoms with van der Waals surface area (Å²) in [6.07, 6.45) is 0. The maximum Gasteiger partial charge on any atom is 0 e. The van der Waals surface area contributed by atoms with Gasteiger partial charge in [-0.05, 0) is 0 Å². The Balaban J connectivity index is 0. The third-order valence-corrected chi connectivity index (χ3v) is 0. The summed E-state index contributed by atoms with van der Waals surface area (Å²) < 4.78 is 0. The summed E-state index contributed by atoms with van der Waals surface area (Å²) in [5, 5.41) is 0. The molecule has 0 aliphatic heterocycles. The fourth-order valence-electron chi connectivity index (χ4n) is 0. The van der Waals surface area contributed by atoms with Crippen molar-refractivity contribution in [3.8, 4) is 0 Å². The summed E-state index contributed by atoms with van der Waals surface area (Å²) in [6, 6.07) is 0. The molecule has 0 atom stereocenters. The van der Waals surface area contributed by atoms with E-state index in [9.17, 15) is 0 Å². The van der Waals surface area contributed by atoms with Gasteiger partial charge in [-0.25, -0.2) is 0 Å². The van der Waals surface area contributed by atoms with Gasteiger partial charge in [0.2, 0.25) is 0 Å². The maximum absolute atomic E-state index is 0. The van der Waals surface area contributed by atoms with Crippen LogP contribution >= 0.6 is 0 Å². The molecule has 0 aliphatic carbocycles. The fraction of sp³-hybridized carbons (Fsp3) is 0. The van der Waals surface area contributed by atoms with E-state index < -0.39 is 0 Å². The van der Waals surface area contributed by atoms with Gasteiger partial charge in [-0.15, -0.1) is 0 Å². The maximum atomic E-state index is 0. The Hall–Kier alpha value is 72.5. The Morgan fingerprint density at radius 2 is 0.00806 bits per heavy atom. The normalized spacial score (nSPS) is 0. The number of hydrogen-bond donors (Lipinski definition) is 0. The Bertz CT molecular complexity index is 0. The zero-order chi connectivity index (χ0) is 0. The molecule has 0 spiro atoms. The minimum atomic E-state index is 0. The van der Waals surface area contributed by atoms with Gasteiger partial charge in [0.05, 0.1) is 0 Å². The van der Waals surface area contributed by atoms with E-state index in [1.165, 1.54) is 0 Å². The van der Waals surface area contributed by atoms with Gasteiger partial charge in [-0.2, -0.15) is 0 Å². The van der Waals surface area contributed by atoms with Crippen LogP contribution in [-0.4, -0.2) is 0 Å². The van der Waals surface area contributed by atoms with Crippen molar-refractivity contribution in [2.24, 2.45) is 0 Å². The molecule has 0 aromatic heterocycles. The summed E-state index contributed by atoms with van der Waals surface area (Å²) >= 11 is 0. The summed E-state index contributed by atoms with van der Waals surface area (Å²) in [5.41, 5.74) is 0. The summed E-state index contributed by atoms with van der Waals surface area (Å²) in [6.45, 7) is 0. The summed E-state index contributed by atoms with van der Waals surface area (Å²) in [4.78, 5) is 0. The van der Waals surface area contributed by atoms with Crippen molar-refractivity contribution >= 4 is 0 Å². The van der Waals surface area contributed by atoms with E-state index in [0.29, 0.717) is 0 Å². The van der Waals surface area contributed by atoms with Gasteiger partial charge in [-0.3, -0.25) is 0 Å². The first-order valence-electron chi connectivity index (χ1n) is 0. The molecule has 0 saturated heterocycles. The van der Waals surface area contributed by atoms with Crippen LogP contribution in [0.4, 0.5) is 0 Å². The molecular formula is V124. The molecule has 124 radical (unpaired) electrons.